The first-order valence-corrected chi connectivity index (χ1v) is 6.60. The fraction of sp³-hybridized carbons (Fsp3) is 0.267. The Labute approximate surface area is 133 Å². The van der Waals surface area contributed by atoms with Crippen LogP contribution in [-0.4, -0.2) is 29.4 Å². The molecule has 1 aliphatic rings. The van der Waals surface area contributed by atoms with E-state index >= 15 is 0 Å². The van der Waals surface area contributed by atoms with Gasteiger partial charge in [-0.1, -0.05) is 0 Å². The second-order valence-electron chi connectivity index (χ2n) is 5.09. The number of carbonyl (C=O) groups excluding carboxylic acids is 3. The van der Waals surface area contributed by atoms with Crippen LogP contribution in [0.3, 0.4) is 0 Å². The molecule has 1 N–H and O–H groups in total. The smallest absolute Gasteiger partial charge is 0.427 e. The number of ketones is 1. The molecule has 128 valence electrons. The number of Topliss-reactive ketones (excluding diaryl/α,β-unsaturated/α-hetero) is 1. The molecule has 1 heterocycles. The highest BCUT2D eigenvalue weighted by Gasteiger charge is 2.69. The number of hydrogen-bond donors (Lipinski definition) is 1. The number of hydrogen-bond acceptors (Lipinski definition) is 4. The number of benzene rings is 1. The van der Waals surface area contributed by atoms with Crippen LogP contribution in [0.15, 0.2) is 35.6 Å². The van der Waals surface area contributed by atoms with Crippen molar-refractivity contribution < 1.29 is 36.7 Å². The minimum Gasteiger partial charge on any atom is -0.429 e. The van der Waals surface area contributed by atoms with Crippen molar-refractivity contribution in [2.24, 2.45) is 0 Å². The molecule has 0 radical (unpaired) electrons. The van der Waals surface area contributed by atoms with Crippen LogP contribution in [0.4, 0.5) is 17.6 Å². The van der Waals surface area contributed by atoms with Crippen molar-refractivity contribution in [2.45, 2.75) is 25.6 Å². The third-order valence-electron chi connectivity index (χ3n) is 3.46. The summed E-state index contributed by atoms with van der Waals surface area (Å²) >= 11 is 0. The zero-order valence-electron chi connectivity index (χ0n) is 12.5. The van der Waals surface area contributed by atoms with Crippen LogP contribution in [0, 0.1) is 5.82 Å². The van der Waals surface area contributed by atoms with Crippen molar-refractivity contribution in [1.82, 2.24) is 5.32 Å². The van der Waals surface area contributed by atoms with Gasteiger partial charge in [0.1, 0.15) is 11.6 Å². The molecule has 0 aromatic heterocycles. The average molecular weight is 345 g/mol. The minimum absolute atomic E-state index is 0.319. The van der Waals surface area contributed by atoms with Crippen LogP contribution in [0.2, 0.25) is 0 Å². The number of alkyl halides is 3. The van der Waals surface area contributed by atoms with Gasteiger partial charge < -0.3 is 10.1 Å². The first kappa shape index (κ1) is 17.6. The standard InChI is InChI=1S/C15H11F4NO4/c1-7(21)11-8(2)24-13(23)14(11,15(17,18)19)20-12(22)9-3-5-10(16)6-4-9/h3-6H,1-2H3,(H,20,22)/t14-/m1/s1. The van der Waals surface area contributed by atoms with Gasteiger partial charge in [0.2, 0.25) is 0 Å². The van der Waals surface area contributed by atoms with Crippen LogP contribution < -0.4 is 5.32 Å². The Morgan fingerprint density at radius 1 is 1.17 bits per heavy atom. The molecule has 1 aliphatic heterocycles. The predicted octanol–water partition coefficient (Wildman–Crippen LogP) is 2.28. The molecule has 0 unspecified atom stereocenters. The highest BCUT2D eigenvalue weighted by molar-refractivity contribution is 6.10. The molecule has 0 spiro atoms. The van der Waals surface area contributed by atoms with E-state index in [4.69, 9.17) is 0 Å². The number of nitrogens with one attached hydrogen (secondary N) is 1. The van der Waals surface area contributed by atoms with E-state index in [9.17, 15) is 31.9 Å². The van der Waals surface area contributed by atoms with E-state index in [2.05, 4.69) is 4.74 Å². The number of cyclic esters (lactones) is 1. The Balaban J connectivity index is 2.54. The molecule has 5 nitrogen and oxygen atoms in total. The van der Waals surface area contributed by atoms with Crippen LogP contribution in [-0.2, 0) is 14.3 Å². The SMILES string of the molecule is CC(=O)C1=C(C)OC(=O)[C@@]1(NC(=O)c1ccc(F)cc1)C(F)(F)F. The predicted molar refractivity (Wildman–Crippen MR) is 72.1 cm³/mol. The fourth-order valence-electron chi connectivity index (χ4n) is 2.43. The number of rotatable bonds is 3. The Hall–Kier alpha value is -2.71. The Morgan fingerprint density at radius 2 is 1.71 bits per heavy atom. The summed E-state index contributed by atoms with van der Waals surface area (Å²) in [5, 5.41) is 1.54. The summed E-state index contributed by atoms with van der Waals surface area (Å²) in [7, 11) is 0. The lowest BCUT2D eigenvalue weighted by molar-refractivity contribution is -0.195. The van der Waals surface area contributed by atoms with Crippen LogP contribution in [0.5, 0.6) is 0 Å². The summed E-state index contributed by atoms with van der Waals surface area (Å²) in [5.74, 6) is -5.44. The number of carbonyl (C=O) groups is 3. The lowest BCUT2D eigenvalue weighted by Crippen LogP contribution is -2.64. The van der Waals surface area contributed by atoms with Crippen LogP contribution >= 0.6 is 0 Å². The summed E-state index contributed by atoms with van der Waals surface area (Å²) in [5.41, 5.74) is -4.91. The molecule has 0 bridgehead atoms. The van der Waals surface area contributed by atoms with Crippen LogP contribution in [0.1, 0.15) is 24.2 Å². The summed E-state index contributed by atoms with van der Waals surface area (Å²) < 4.78 is 58.2. The average Bonchev–Trinajstić information content (AvgIpc) is 2.70. The molecular formula is C15H11F4NO4. The number of ether oxygens (including phenoxy) is 1. The molecule has 1 aromatic carbocycles. The van der Waals surface area contributed by atoms with Crippen molar-refractivity contribution >= 4 is 17.7 Å². The summed E-state index contributed by atoms with van der Waals surface area (Å²) in [4.78, 5) is 35.6. The molecule has 9 heteroatoms. The maximum Gasteiger partial charge on any atom is 0.427 e. The lowest BCUT2D eigenvalue weighted by atomic mass is 9.86. The molecule has 1 aromatic rings. The van der Waals surface area contributed by atoms with Gasteiger partial charge in [-0.2, -0.15) is 13.2 Å². The first-order valence-electron chi connectivity index (χ1n) is 6.60. The summed E-state index contributed by atoms with van der Waals surface area (Å²) in [6, 6.07) is 3.63. The van der Waals surface area contributed by atoms with Crippen molar-refractivity contribution in [3.8, 4) is 0 Å². The minimum atomic E-state index is -5.32. The van der Waals surface area contributed by atoms with Crippen molar-refractivity contribution in [3.63, 3.8) is 0 Å². The van der Waals surface area contributed by atoms with Gasteiger partial charge in [-0.3, -0.25) is 9.59 Å². The lowest BCUT2D eigenvalue weighted by Gasteiger charge is -2.30. The molecule has 0 saturated carbocycles. The summed E-state index contributed by atoms with van der Waals surface area (Å²) in [6.45, 7) is 1.84. The van der Waals surface area contributed by atoms with Gasteiger partial charge in [0.05, 0.1) is 5.57 Å². The molecular weight excluding hydrogens is 334 g/mol. The second-order valence-corrected chi connectivity index (χ2v) is 5.09. The van der Waals surface area contributed by atoms with Gasteiger partial charge in [0, 0.05) is 5.56 Å². The largest absolute Gasteiger partial charge is 0.429 e. The molecule has 0 aliphatic carbocycles. The second kappa shape index (κ2) is 5.73. The topological polar surface area (TPSA) is 72.5 Å². The van der Waals surface area contributed by atoms with E-state index in [1.807, 2.05) is 0 Å². The monoisotopic (exact) mass is 345 g/mol. The summed E-state index contributed by atoms with van der Waals surface area (Å²) in [6.07, 6.45) is -5.32. The third kappa shape index (κ3) is 2.66. The van der Waals surface area contributed by atoms with Crippen molar-refractivity contribution in [1.29, 1.82) is 0 Å². The maximum absolute atomic E-state index is 13.6. The quantitative estimate of drug-likeness (QED) is 0.674. The highest BCUT2D eigenvalue weighted by Crippen LogP contribution is 2.43. The number of halogens is 4. The Bertz CT molecular complexity index is 752. The highest BCUT2D eigenvalue weighted by atomic mass is 19.4. The van der Waals surface area contributed by atoms with Gasteiger partial charge in [-0.15, -0.1) is 0 Å². The molecule has 1 atom stereocenters. The number of esters is 1. The van der Waals surface area contributed by atoms with E-state index in [1.165, 1.54) is 0 Å². The molecule has 1 amide bonds. The normalized spacial score (nSPS) is 20.8. The first-order chi connectivity index (χ1) is 11.0. The molecule has 0 fully saturated rings. The number of allylic oxidation sites excluding steroid dienone is 1. The fourth-order valence-corrected chi connectivity index (χ4v) is 2.43. The van der Waals surface area contributed by atoms with Gasteiger partial charge in [-0.05, 0) is 38.1 Å². The third-order valence-corrected chi connectivity index (χ3v) is 3.46. The van der Waals surface area contributed by atoms with E-state index in [-0.39, 0.29) is 5.56 Å². The van der Waals surface area contributed by atoms with Gasteiger partial charge in [0.25, 0.3) is 11.4 Å². The van der Waals surface area contributed by atoms with Crippen LogP contribution in [0.25, 0.3) is 0 Å². The van der Waals surface area contributed by atoms with E-state index < -0.39 is 46.5 Å². The number of amides is 1. The van der Waals surface area contributed by atoms with E-state index in [1.54, 1.807) is 5.32 Å². The molecule has 0 saturated heterocycles. The Kier molecular flexibility index (Phi) is 4.21. The Morgan fingerprint density at radius 3 is 2.17 bits per heavy atom. The van der Waals surface area contributed by atoms with E-state index in [0.717, 1.165) is 38.1 Å². The van der Waals surface area contributed by atoms with Crippen molar-refractivity contribution in [3.05, 3.63) is 47.0 Å². The van der Waals surface area contributed by atoms with E-state index in [0.29, 0.717) is 0 Å². The zero-order valence-corrected chi connectivity index (χ0v) is 12.5. The van der Waals surface area contributed by atoms with Crippen molar-refractivity contribution in [2.75, 3.05) is 0 Å². The maximum atomic E-state index is 13.6. The molecule has 2 rings (SSSR count). The van der Waals surface area contributed by atoms with Gasteiger partial charge >= 0.3 is 12.1 Å². The van der Waals surface area contributed by atoms with Gasteiger partial charge in [0.15, 0.2) is 5.78 Å². The zero-order chi connectivity index (χ0) is 18.3. The van der Waals surface area contributed by atoms with Gasteiger partial charge in [-0.25, -0.2) is 9.18 Å². The molecule has 24 heavy (non-hydrogen) atoms.